The third kappa shape index (κ3) is 6.73. The molecule has 0 spiro atoms. The molecular formula is C28H35FN7O5PS. The Hall–Kier alpha value is -3.42. The van der Waals surface area contributed by atoms with Crippen LogP contribution in [-0.4, -0.2) is 57.1 Å². The largest absolute Gasteiger partial charge is 0.462 e. The number of carbonyl (C=O) groups excluding carboxylic acids is 1. The molecule has 43 heavy (non-hydrogen) atoms. The van der Waals surface area contributed by atoms with Crippen LogP contribution in [0.1, 0.15) is 40.3 Å². The second-order valence-corrected chi connectivity index (χ2v) is 13.9. The molecule has 1 aliphatic rings. The third-order valence-electron chi connectivity index (χ3n) is 6.87. The first-order valence-electron chi connectivity index (χ1n) is 13.8. The summed E-state index contributed by atoms with van der Waals surface area (Å²) in [5.74, 6) is -2.15. The van der Waals surface area contributed by atoms with E-state index in [4.69, 9.17) is 36.1 Å². The maximum absolute atomic E-state index is 16.4. The number of halogens is 1. The molecule has 1 saturated heterocycles. The smallest absolute Gasteiger partial charge is 0.323 e. The average Bonchev–Trinajstić information content (AvgIpc) is 3.51. The molecule has 0 aliphatic carbocycles. The zero-order chi connectivity index (χ0) is 30.9. The average molecular weight is 632 g/mol. The van der Waals surface area contributed by atoms with Crippen molar-refractivity contribution in [3.05, 3.63) is 48.8 Å². The van der Waals surface area contributed by atoms with E-state index in [1.54, 1.807) is 38.5 Å². The number of esters is 1. The van der Waals surface area contributed by atoms with Gasteiger partial charge in [-0.1, -0.05) is 43.3 Å². The number of carbonyl (C=O) groups is 1. The van der Waals surface area contributed by atoms with Crippen LogP contribution in [-0.2, 0) is 30.6 Å². The lowest BCUT2D eigenvalue weighted by Gasteiger charge is -2.29. The number of fused-ring (bicyclic) bond motifs is 2. The minimum atomic E-state index is -3.55. The Morgan fingerprint density at radius 3 is 2.74 bits per heavy atom. The van der Waals surface area contributed by atoms with Crippen molar-refractivity contribution in [2.24, 2.45) is 5.92 Å². The van der Waals surface area contributed by atoms with E-state index < -0.39 is 37.3 Å². The molecule has 12 nitrogen and oxygen atoms in total. The first-order chi connectivity index (χ1) is 20.4. The van der Waals surface area contributed by atoms with Crippen molar-refractivity contribution in [2.75, 3.05) is 24.7 Å². The molecule has 1 fully saturated rings. The lowest BCUT2D eigenvalue weighted by Crippen LogP contribution is -2.37. The molecule has 4 aromatic rings. The van der Waals surface area contributed by atoms with Crippen LogP contribution in [0.2, 0.25) is 0 Å². The monoisotopic (exact) mass is 631 g/mol. The summed E-state index contributed by atoms with van der Waals surface area (Å²) >= 11 is 5.86. The second kappa shape index (κ2) is 12.3. The minimum Gasteiger partial charge on any atom is -0.462 e. The van der Waals surface area contributed by atoms with Crippen LogP contribution in [0.3, 0.4) is 0 Å². The number of ether oxygens (including phenoxy) is 2. The van der Waals surface area contributed by atoms with Crippen molar-refractivity contribution in [3.8, 4) is 5.75 Å². The van der Waals surface area contributed by atoms with Gasteiger partial charge in [-0.05, 0) is 44.0 Å². The topological polar surface area (TPSA) is 148 Å². The van der Waals surface area contributed by atoms with Crippen LogP contribution in [0.25, 0.3) is 21.9 Å². The highest BCUT2D eigenvalue weighted by Crippen LogP contribution is 2.50. The quantitative estimate of drug-likeness (QED) is 0.150. The van der Waals surface area contributed by atoms with Crippen molar-refractivity contribution in [1.82, 2.24) is 24.6 Å². The number of nitrogens with zero attached hydrogens (tertiary/aromatic N) is 4. The highest BCUT2D eigenvalue weighted by molar-refractivity contribution is 8.09. The summed E-state index contributed by atoms with van der Waals surface area (Å²) < 4.78 is 41.6. The van der Waals surface area contributed by atoms with Crippen LogP contribution in [0.15, 0.2) is 48.8 Å². The number of hydrogen-bond donors (Lipinski definition) is 3. The van der Waals surface area contributed by atoms with Crippen molar-refractivity contribution in [3.63, 3.8) is 0 Å². The van der Waals surface area contributed by atoms with Gasteiger partial charge in [-0.25, -0.2) is 14.5 Å². The van der Waals surface area contributed by atoms with Crippen LogP contribution >= 0.6 is 6.64 Å². The molecular weight excluding hydrogens is 596 g/mol. The predicted octanol–water partition coefficient (Wildman–Crippen LogP) is 5.07. The van der Waals surface area contributed by atoms with E-state index in [-0.39, 0.29) is 24.4 Å². The van der Waals surface area contributed by atoms with Crippen molar-refractivity contribution in [1.29, 1.82) is 0 Å². The minimum absolute atomic E-state index is 0.00859. The predicted molar refractivity (Wildman–Crippen MR) is 166 cm³/mol. The zero-order valence-electron chi connectivity index (χ0n) is 24.5. The molecule has 3 heterocycles. The summed E-state index contributed by atoms with van der Waals surface area (Å²) in [7, 11) is 1.70. The van der Waals surface area contributed by atoms with E-state index >= 15 is 4.39 Å². The van der Waals surface area contributed by atoms with Crippen LogP contribution in [0, 0.1) is 5.92 Å². The van der Waals surface area contributed by atoms with Crippen LogP contribution in [0.4, 0.5) is 16.2 Å². The Balaban J connectivity index is 1.39. The molecule has 0 amide bonds. The van der Waals surface area contributed by atoms with Gasteiger partial charge in [-0.2, -0.15) is 9.97 Å². The molecule has 2 aromatic carbocycles. The summed E-state index contributed by atoms with van der Waals surface area (Å²) in [4.78, 5) is 25.5. The van der Waals surface area contributed by atoms with E-state index in [1.165, 1.54) is 6.33 Å². The Kier molecular flexibility index (Phi) is 8.87. The number of rotatable bonds is 11. The molecule has 1 aliphatic heterocycles. The highest BCUT2D eigenvalue weighted by Gasteiger charge is 2.48. The standard InChI is InChI=1S/C28H35FN7O5PS/c1-16(2)39-26(37)18(4)35-42(43,41-21-12-8-10-19-9-6-7-11-20(19)21)38-14-28(29)13-17(3)25(40-28)36-15-32-22-23(31-5)33-27(30)34-24(22)36/h6-12,15-18,25H,13-14H2,1-5H3,(H,35,43)(H3,30,31,33,34)/t17-,18+,25+,28-,42-/m0/s1. The third-order valence-corrected chi connectivity index (χ3v) is 9.34. The number of alkyl halides is 1. The molecule has 5 rings (SSSR count). The van der Waals surface area contributed by atoms with Gasteiger partial charge in [0.25, 0.3) is 0 Å². The summed E-state index contributed by atoms with van der Waals surface area (Å²) in [6, 6.07) is 12.2. The van der Waals surface area contributed by atoms with Crippen molar-refractivity contribution >= 4 is 58.1 Å². The first kappa shape index (κ1) is 31.0. The van der Waals surface area contributed by atoms with Gasteiger partial charge in [0, 0.05) is 24.8 Å². The molecule has 2 aromatic heterocycles. The molecule has 230 valence electrons. The van der Waals surface area contributed by atoms with Gasteiger partial charge in [0.15, 0.2) is 17.0 Å². The second-order valence-electron chi connectivity index (χ2n) is 10.8. The van der Waals surface area contributed by atoms with Crippen molar-refractivity contribution in [2.45, 2.75) is 58.3 Å². The summed E-state index contributed by atoms with van der Waals surface area (Å²) in [6.45, 7) is 2.83. The lowest BCUT2D eigenvalue weighted by molar-refractivity contribution is -0.172. The molecule has 0 radical (unpaired) electrons. The number of imidazole rings is 1. The Morgan fingerprint density at radius 1 is 1.26 bits per heavy atom. The van der Waals surface area contributed by atoms with Crippen molar-refractivity contribution < 1.29 is 27.7 Å². The SMILES string of the molecule is CNc1nc(N)nc2c1ncn2[C@@H]1O[C@](F)(CO[P@@](=S)(N[C@H](C)C(=O)OC(C)C)Oc2cccc3ccccc23)C[C@@H]1C. The fourth-order valence-corrected chi connectivity index (χ4v) is 7.39. The number of nitrogen functional groups attached to an aromatic ring is 1. The zero-order valence-corrected chi connectivity index (χ0v) is 26.2. The Bertz CT molecular complexity index is 1680. The number of anilines is 2. The lowest BCUT2D eigenvalue weighted by atomic mass is 10.1. The molecule has 0 saturated carbocycles. The first-order valence-corrected chi connectivity index (χ1v) is 16.5. The molecule has 4 N–H and O–H groups in total. The maximum atomic E-state index is 16.4. The molecule has 5 atom stereocenters. The number of hydrogen-bond acceptors (Lipinski definition) is 11. The van der Waals surface area contributed by atoms with Gasteiger partial charge in [0.05, 0.1) is 12.4 Å². The number of aromatic nitrogens is 4. The fraction of sp³-hybridized carbons (Fsp3) is 0.429. The van der Waals surface area contributed by atoms with Gasteiger partial charge in [0.1, 0.15) is 24.6 Å². The Morgan fingerprint density at radius 2 is 2.00 bits per heavy atom. The molecule has 15 heteroatoms. The van der Waals surface area contributed by atoms with Crippen LogP contribution in [0.5, 0.6) is 5.75 Å². The maximum Gasteiger partial charge on any atom is 0.323 e. The van der Waals surface area contributed by atoms with Gasteiger partial charge in [-0.3, -0.25) is 9.36 Å². The number of nitrogens with two attached hydrogens (primary N) is 1. The fourth-order valence-electron chi connectivity index (χ4n) is 4.98. The van der Waals surface area contributed by atoms with Crippen LogP contribution < -0.4 is 20.7 Å². The number of nitrogens with one attached hydrogen (secondary N) is 2. The summed E-state index contributed by atoms with van der Waals surface area (Å²) in [5.41, 5.74) is 6.78. The van der Waals surface area contributed by atoms with Gasteiger partial charge >= 0.3 is 12.6 Å². The summed E-state index contributed by atoms with van der Waals surface area (Å²) in [6.07, 6.45) is 0.413. The molecule has 0 bridgehead atoms. The van der Waals surface area contributed by atoms with E-state index in [1.807, 2.05) is 43.3 Å². The van der Waals surface area contributed by atoms with E-state index in [2.05, 4.69) is 25.4 Å². The van der Waals surface area contributed by atoms with Gasteiger partial charge in [0.2, 0.25) is 11.8 Å². The Labute approximate surface area is 253 Å². The van der Waals surface area contributed by atoms with E-state index in [0.717, 1.165) is 10.8 Å². The van der Waals surface area contributed by atoms with Gasteiger partial charge in [-0.15, -0.1) is 0 Å². The van der Waals surface area contributed by atoms with Gasteiger partial charge < -0.3 is 29.6 Å². The van der Waals surface area contributed by atoms with E-state index in [9.17, 15) is 4.79 Å². The van der Waals surface area contributed by atoms with E-state index in [0.29, 0.717) is 22.7 Å². The summed E-state index contributed by atoms with van der Waals surface area (Å²) in [5, 5.41) is 7.63. The highest BCUT2D eigenvalue weighted by atomic mass is 32.5. The molecule has 0 unspecified atom stereocenters. The normalized spacial score (nSPS) is 22.5. The number of benzene rings is 2.